The topological polar surface area (TPSA) is 127 Å². The molecule has 0 saturated carbocycles. The van der Waals surface area contributed by atoms with E-state index in [1.165, 1.54) is 24.3 Å². The first-order valence-corrected chi connectivity index (χ1v) is 11.7. The number of nitrogens with two attached hydrogens (primary N) is 1. The molecule has 0 radical (unpaired) electrons. The Kier molecular flexibility index (Phi) is 6.77. The number of anilines is 1. The molecular weight excluding hydrogens is 490 g/mol. The van der Waals surface area contributed by atoms with Crippen molar-refractivity contribution >= 4 is 33.2 Å². The molecule has 0 aliphatic carbocycles. The van der Waals surface area contributed by atoms with Gasteiger partial charge in [0.15, 0.2) is 0 Å². The first-order valence-electron chi connectivity index (χ1n) is 11.7. The summed E-state index contributed by atoms with van der Waals surface area (Å²) in [6, 6.07) is 23.1. The Morgan fingerprint density at radius 1 is 0.737 bits per heavy atom. The Hall–Kier alpha value is -5.12. The maximum atomic E-state index is 13.6. The summed E-state index contributed by atoms with van der Waals surface area (Å²) in [5.41, 5.74) is 10.6. The number of fused-ring (bicyclic) bond motifs is 2. The highest BCUT2D eigenvalue weighted by molar-refractivity contribution is 5.85. The van der Waals surface area contributed by atoms with Gasteiger partial charge in [0, 0.05) is 52.8 Å². The van der Waals surface area contributed by atoms with Crippen LogP contribution < -0.4 is 5.73 Å². The molecule has 10 heteroatoms. The number of rotatable bonds is 5. The van der Waals surface area contributed by atoms with Crippen molar-refractivity contribution < 1.29 is 13.7 Å². The number of nitro groups is 1. The van der Waals surface area contributed by atoms with Crippen LogP contribution in [0.3, 0.4) is 0 Å². The molecule has 0 bridgehead atoms. The summed E-state index contributed by atoms with van der Waals surface area (Å²) in [5.74, 6) is -0.509. The monoisotopic (exact) mass is 512 g/mol. The van der Waals surface area contributed by atoms with E-state index in [-0.39, 0.29) is 17.3 Å². The van der Waals surface area contributed by atoms with E-state index in [9.17, 15) is 18.9 Å². The van der Waals surface area contributed by atoms with Crippen LogP contribution in [0.2, 0.25) is 0 Å². The molecule has 0 spiro atoms. The van der Waals surface area contributed by atoms with Crippen LogP contribution in [0.1, 0.15) is 22.5 Å². The van der Waals surface area contributed by atoms with Crippen molar-refractivity contribution in [2.45, 2.75) is 12.8 Å². The summed E-state index contributed by atoms with van der Waals surface area (Å²) in [7, 11) is 0. The molecular formula is C28H22F2N6O2. The third-order valence-electron chi connectivity index (χ3n) is 6.13. The van der Waals surface area contributed by atoms with E-state index < -0.39 is 4.92 Å². The van der Waals surface area contributed by atoms with Crippen molar-refractivity contribution in [2.24, 2.45) is 0 Å². The molecule has 4 N–H and O–H groups in total. The third kappa shape index (κ3) is 5.19. The minimum atomic E-state index is -0.459. The van der Waals surface area contributed by atoms with E-state index in [0.29, 0.717) is 46.3 Å². The van der Waals surface area contributed by atoms with Gasteiger partial charge in [0.1, 0.15) is 11.6 Å². The van der Waals surface area contributed by atoms with Crippen LogP contribution in [0.15, 0.2) is 84.9 Å². The quantitative estimate of drug-likeness (QED) is 0.147. The average molecular weight is 513 g/mol. The zero-order chi connectivity index (χ0) is 26.6. The molecule has 0 saturated heterocycles. The van der Waals surface area contributed by atoms with Gasteiger partial charge >= 0.3 is 0 Å². The van der Waals surface area contributed by atoms with Crippen molar-refractivity contribution in [3.63, 3.8) is 0 Å². The Labute approximate surface area is 215 Å². The molecule has 2 aromatic heterocycles. The van der Waals surface area contributed by atoms with E-state index in [2.05, 4.69) is 20.4 Å². The Morgan fingerprint density at radius 2 is 1.24 bits per heavy atom. The van der Waals surface area contributed by atoms with Crippen molar-refractivity contribution in [1.82, 2.24) is 20.4 Å². The van der Waals surface area contributed by atoms with Gasteiger partial charge in [0.2, 0.25) is 0 Å². The predicted molar refractivity (Wildman–Crippen MR) is 142 cm³/mol. The molecule has 190 valence electrons. The second kappa shape index (κ2) is 10.5. The van der Waals surface area contributed by atoms with E-state index in [1.807, 2.05) is 18.2 Å². The number of aromatic amines is 2. The molecule has 0 aliphatic heterocycles. The van der Waals surface area contributed by atoms with Crippen molar-refractivity contribution in [3.8, 4) is 0 Å². The number of hydrogen-bond donors (Lipinski definition) is 3. The summed E-state index contributed by atoms with van der Waals surface area (Å²) in [6.45, 7) is 0. The van der Waals surface area contributed by atoms with Crippen molar-refractivity contribution in [3.05, 3.63) is 129 Å². The van der Waals surface area contributed by atoms with Crippen LogP contribution in [0.5, 0.6) is 0 Å². The fourth-order valence-electron chi connectivity index (χ4n) is 4.18. The number of nitrogens with zero attached hydrogens (tertiary/aromatic N) is 3. The van der Waals surface area contributed by atoms with Gasteiger partial charge in [-0.3, -0.25) is 20.3 Å². The lowest BCUT2D eigenvalue weighted by atomic mass is 10.1. The summed E-state index contributed by atoms with van der Waals surface area (Å²) < 4.78 is 27.2. The van der Waals surface area contributed by atoms with E-state index in [0.717, 1.165) is 16.6 Å². The SMILES string of the molecule is Nc1ccc2n[nH]c(Cc3ccccc3F)c2c1.O=[N+]([O-])c1ccc2n[nH]c(Cc3ccccc3F)c2c1. The number of nitrogens with one attached hydrogen (secondary N) is 2. The van der Waals surface area contributed by atoms with Gasteiger partial charge in [0.05, 0.1) is 16.0 Å². The van der Waals surface area contributed by atoms with Crippen molar-refractivity contribution in [2.75, 3.05) is 5.73 Å². The van der Waals surface area contributed by atoms with Crippen LogP contribution in [-0.2, 0) is 12.8 Å². The number of non-ortho nitro benzene ring substituents is 1. The van der Waals surface area contributed by atoms with Crippen LogP contribution in [0.4, 0.5) is 20.2 Å². The van der Waals surface area contributed by atoms with Gasteiger partial charge in [0.25, 0.3) is 5.69 Å². The molecule has 2 heterocycles. The lowest BCUT2D eigenvalue weighted by Crippen LogP contribution is -1.93. The molecule has 6 rings (SSSR count). The van der Waals surface area contributed by atoms with Gasteiger partial charge in [-0.05, 0) is 47.5 Å². The van der Waals surface area contributed by atoms with Gasteiger partial charge in [-0.25, -0.2) is 8.78 Å². The summed E-state index contributed by atoms with van der Waals surface area (Å²) in [6.07, 6.45) is 0.789. The van der Waals surface area contributed by atoms with E-state index in [4.69, 9.17) is 5.73 Å². The number of nitrogen functional groups attached to an aromatic ring is 1. The second-order valence-corrected chi connectivity index (χ2v) is 8.68. The Morgan fingerprint density at radius 3 is 1.76 bits per heavy atom. The van der Waals surface area contributed by atoms with E-state index >= 15 is 0 Å². The van der Waals surface area contributed by atoms with Crippen LogP contribution in [-0.4, -0.2) is 25.3 Å². The zero-order valence-electron chi connectivity index (χ0n) is 20.0. The minimum Gasteiger partial charge on any atom is -0.399 e. The number of nitro benzene ring substituents is 1. The molecule has 8 nitrogen and oxygen atoms in total. The number of benzene rings is 4. The van der Waals surface area contributed by atoms with Gasteiger partial charge < -0.3 is 5.73 Å². The van der Waals surface area contributed by atoms with E-state index in [1.54, 1.807) is 42.5 Å². The highest BCUT2D eigenvalue weighted by atomic mass is 19.1. The minimum absolute atomic E-state index is 0.00585. The fourth-order valence-corrected chi connectivity index (χ4v) is 4.18. The highest BCUT2D eigenvalue weighted by Gasteiger charge is 2.13. The molecule has 4 aromatic carbocycles. The first-order chi connectivity index (χ1) is 18.4. The molecule has 0 amide bonds. The zero-order valence-corrected chi connectivity index (χ0v) is 20.0. The lowest BCUT2D eigenvalue weighted by Gasteiger charge is -2.01. The molecule has 38 heavy (non-hydrogen) atoms. The molecule has 0 aliphatic rings. The third-order valence-corrected chi connectivity index (χ3v) is 6.13. The molecule has 6 aromatic rings. The summed E-state index contributed by atoms with van der Waals surface area (Å²) >= 11 is 0. The lowest BCUT2D eigenvalue weighted by molar-refractivity contribution is -0.384. The maximum absolute atomic E-state index is 13.6. The number of aromatic nitrogens is 4. The molecule has 0 atom stereocenters. The Balaban J connectivity index is 0.000000156. The fraction of sp³-hybridized carbons (Fsp3) is 0.0714. The normalized spacial score (nSPS) is 10.9. The summed E-state index contributed by atoms with van der Waals surface area (Å²) in [5, 5.41) is 26.4. The van der Waals surface area contributed by atoms with Crippen LogP contribution in [0.25, 0.3) is 21.8 Å². The highest BCUT2D eigenvalue weighted by Crippen LogP contribution is 2.25. The first kappa shape index (κ1) is 24.6. The largest absolute Gasteiger partial charge is 0.399 e. The smallest absolute Gasteiger partial charge is 0.270 e. The standard InChI is InChI=1S/C14H10FN3O2.C14H12FN3/c15-12-4-2-1-3-9(12)7-14-11-8-10(18(19)20)5-6-13(11)16-17-14;15-12-4-2-1-3-9(12)7-14-11-8-10(16)5-6-13(11)17-18-14/h1-6,8H,7H2,(H,16,17);1-6,8H,7,16H2,(H,17,18). The number of hydrogen-bond acceptors (Lipinski definition) is 5. The molecule has 0 fully saturated rings. The second-order valence-electron chi connectivity index (χ2n) is 8.68. The van der Waals surface area contributed by atoms with Gasteiger partial charge in [-0.1, -0.05) is 36.4 Å². The van der Waals surface area contributed by atoms with Crippen molar-refractivity contribution in [1.29, 1.82) is 0 Å². The predicted octanol–water partition coefficient (Wildman–Crippen LogP) is 6.08. The van der Waals surface area contributed by atoms with Crippen LogP contribution >= 0.6 is 0 Å². The van der Waals surface area contributed by atoms with Gasteiger partial charge in [-0.2, -0.15) is 10.2 Å². The maximum Gasteiger partial charge on any atom is 0.270 e. The number of halogens is 2. The van der Waals surface area contributed by atoms with Crippen LogP contribution in [0, 0.1) is 21.7 Å². The van der Waals surface area contributed by atoms with Gasteiger partial charge in [-0.15, -0.1) is 0 Å². The number of H-pyrrole nitrogens is 2. The molecule has 0 unspecified atom stereocenters. The average Bonchev–Trinajstić information content (AvgIpc) is 3.50. The Bertz CT molecular complexity index is 1760. The summed E-state index contributed by atoms with van der Waals surface area (Å²) in [4.78, 5) is 10.3.